The molecule has 2 rings (SSSR count). The molecule has 0 spiro atoms. The number of hydrogen-bond donors (Lipinski definition) is 1. The van der Waals surface area contributed by atoms with Crippen LogP contribution in [-0.4, -0.2) is 35.1 Å². The lowest BCUT2D eigenvalue weighted by Crippen LogP contribution is -2.49. The maximum Gasteiger partial charge on any atom is 0.242 e. The minimum absolute atomic E-state index is 0.0223. The van der Waals surface area contributed by atoms with Crippen LogP contribution in [-0.2, 0) is 16.1 Å². The Bertz CT molecular complexity index is 784. The van der Waals surface area contributed by atoms with Crippen LogP contribution in [0.3, 0.4) is 0 Å². The van der Waals surface area contributed by atoms with Crippen LogP contribution in [0.2, 0.25) is 5.02 Å². The molecular weight excluding hydrogens is 416 g/mol. The Morgan fingerprint density at radius 1 is 1.07 bits per heavy atom. The summed E-state index contributed by atoms with van der Waals surface area (Å²) >= 11 is 7.63. The van der Waals surface area contributed by atoms with Gasteiger partial charge in [-0.1, -0.05) is 55.8 Å². The lowest BCUT2D eigenvalue weighted by atomic mass is 10.1. The number of carbonyl (C=O) groups excluding carboxylic acids is 2. The van der Waals surface area contributed by atoms with Gasteiger partial charge in [-0.15, -0.1) is 11.8 Å². The predicted molar refractivity (Wildman–Crippen MR) is 126 cm³/mol. The van der Waals surface area contributed by atoms with Crippen LogP contribution >= 0.6 is 23.4 Å². The van der Waals surface area contributed by atoms with Crippen LogP contribution in [0.1, 0.15) is 45.1 Å². The van der Waals surface area contributed by atoms with E-state index < -0.39 is 6.04 Å². The van der Waals surface area contributed by atoms with E-state index in [-0.39, 0.29) is 11.8 Å². The molecule has 0 aliphatic carbocycles. The van der Waals surface area contributed by atoms with E-state index in [4.69, 9.17) is 11.6 Å². The summed E-state index contributed by atoms with van der Waals surface area (Å²) in [5.41, 5.74) is 1.03. The lowest BCUT2D eigenvalue weighted by molar-refractivity contribution is -0.141. The molecular formula is C24H31ClN2O2S. The molecule has 2 amide bonds. The second kappa shape index (κ2) is 13.3. The summed E-state index contributed by atoms with van der Waals surface area (Å²) in [6, 6.07) is 17.1. The van der Waals surface area contributed by atoms with Crippen molar-refractivity contribution in [3.05, 3.63) is 65.2 Å². The second-order valence-electron chi connectivity index (χ2n) is 7.13. The molecule has 0 saturated carbocycles. The Hall–Kier alpha value is -1.98. The normalized spacial score (nSPS) is 11.7. The van der Waals surface area contributed by atoms with Crippen LogP contribution in [0.25, 0.3) is 0 Å². The Labute approximate surface area is 189 Å². The highest BCUT2D eigenvalue weighted by atomic mass is 35.5. The highest BCUT2D eigenvalue weighted by Crippen LogP contribution is 2.22. The summed E-state index contributed by atoms with van der Waals surface area (Å²) in [5, 5.41) is 3.67. The van der Waals surface area contributed by atoms with Gasteiger partial charge in [0.15, 0.2) is 0 Å². The minimum atomic E-state index is -0.451. The summed E-state index contributed by atoms with van der Waals surface area (Å²) < 4.78 is 0. The Morgan fingerprint density at radius 3 is 2.40 bits per heavy atom. The third-order valence-electron chi connectivity index (χ3n) is 4.75. The molecule has 0 aliphatic rings. The van der Waals surface area contributed by atoms with Gasteiger partial charge in [0, 0.05) is 29.4 Å². The van der Waals surface area contributed by atoms with Gasteiger partial charge in [0.05, 0.1) is 0 Å². The number of halogens is 1. The van der Waals surface area contributed by atoms with Crippen LogP contribution in [0.4, 0.5) is 0 Å². The van der Waals surface area contributed by atoms with Gasteiger partial charge in [0.1, 0.15) is 6.04 Å². The smallest absolute Gasteiger partial charge is 0.242 e. The van der Waals surface area contributed by atoms with Gasteiger partial charge in [-0.25, -0.2) is 0 Å². The molecule has 0 unspecified atom stereocenters. The van der Waals surface area contributed by atoms with Crippen molar-refractivity contribution >= 4 is 35.2 Å². The van der Waals surface area contributed by atoms with Crippen molar-refractivity contribution in [3.8, 4) is 0 Å². The van der Waals surface area contributed by atoms with Gasteiger partial charge in [-0.3, -0.25) is 9.59 Å². The summed E-state index contributed by atoms with van der Waals surface area (Å²) in [7, 11) is 0. The first kappa shape index (κ1) is 24.3. The summed E-state index contributed by atoms with van der Waals surface area (Å²) in [4.78, 5) is 28.7. The molecule has 2 aromatic rings. The molecule has 0 fully saturated rings. The topological polar surface area (TPSA) is 49.4 Å². The van der Waals surface area contributed by atoms with Crippen molar-refractivity contribution in [2.45, 2.75) is 57.0 Å². The van der Waals surface area contributed by atoms with Gasteiger partial charge in [-0.05, 0) is 54.8 Å². The van der Waals surface area contributed by atoms with E-state index in [0.29, 0.717) is 25.9 Å². The third-order valence-corrected chi connectivity index (χ3v) is 6.10. The number of carbonyl (C=O) groups is 2. The summed E-state index contributed by atoms with van der Waals surface area (Å²) in [5.74, 6) is 0.791. The quantitative estimate of drug-likeness (QED) is 0.343. The molecule has 0 aromatic heterocycles. The van der Waals surface area contributed by atoms with Crippen LogP contribution < -0.4 is 5.32 Å². The molecule has 162 valence electrons. The van der Waals surface area contributed by atoms with Crippen molar-refractivity contribution < 1.29 is 9.59 Å². The molecule has 6 heteroatoms. The number of amides is 2. The van der Waals surface area contributed by atoms with Crippen molar-refractivity contribution in [2.24, 2.45) is 0 Å². The van der Waals surface area contributed by atoms with Crippen LogP contribution in [0.15, 0.2) is 59.5 Å². The molecule has 0 saturated heterocycles. The van der Waals surface area contributed by atoms with Crippen LogP contribution in [0, 0.1) is 0 Å². The molecule has 1 N–H and O–H groups in total. The average Bonchev–Trinajstić information content (AvgIpc) is 2.76. The van der Waals surface area contributed by atoms with Gasteiger partial charge in [-0.2, -0.15) is 0 Å². The fourth-order valence-electron chi connectivity index (χ4n) is 3.15. The summed E-state index contributed by atoms with van der Waals surface area (Å²) in [6.45, 7) is 5.05. The van der Waals surface area contributed by atoms with E-state index in [1.807, 2.05) is 68.4 Å². The second-order valence-corrected chi connectivity index (χ2v) is 8.73. The molecule has 0 aliphatic heterocycles. The Morgan fingerprint density at radius 2 is 1.77 bits per heavy atom. The monoisotopic (exact) mass is 446 g/mol. The maximum absolute atomic E-state index is 13.1. The third kappa shape index (κ3) is 8.04. The van der Waals surface area contributed by atoms with Crippen molar-refractivity contribution in [1.82, 2.24) is 10.2 Å². The van der Waals surface area contributed by atoms with E-state index >= 15 is 0 Å². The first-order valence-corrected chi connectivity index (χ1v) is 11.9. The van der Waals surface area contributed by atoms with E-state index in [9.17, 15) is 9.59 Å². The van der Waals surface area contributed by atoms with Gasteiger partial charge in [0.25, 0.3) is 0 Å². The number of benzene rings is 2. The Kier molecular flexibility index (Phi) is 10.8. The maximum atomic E-state index is 13.1. The molecule has 0 bridgehead atoms. The molecule has 0 heterocycles. The number of rotatable bonds is 12. The summed E-state index contributed by atoms with van der Waals surface area (Å²) in [6.07, 6.45) is 2.64. The fourth-order valence-corrected chi connectivity index (χ4v) is 4.13. The average molecular weight is 447 g/mol. The first-order chi connectivity index (χ1) is 14.5. The zero-order chi connectivity index (χ0) is 21.8. The van der Waals surface area contributed by atoms with Gasteiger partial charge in [0.2, 0.25) is 11.8 Å². The zero-order valence-corrected chi connectivity index (χ0v) is 19.3. The molecule has 0 radical (unpaired) electrons. The molecule has 30 heavy (non-hydrogen) atoms. The largest absolute Gasteiger partial charge is 0.354 e. The first-order valence-electron chi connectivity index (χ1n) is 10.5. The van der Waals surface area contributed by atoms with Crippen molar-refractivity contribution in [1.29, 1.82) is 0 Å². The molecule has 1 atom stereocenters. The number of hydrogen-bond acceptors (Lipinski definition) is 3. The SMILES string of the molecule is CCCNC(=O)[C@@H](CC)N(Cc1ccccc1)C(=O)CCCSc1ccc(Cl)cc1. The number of nitrogens with zero attached hydrogens (tertiary/aromatic N) is 1. The van der Waals surface area contributed by atoms with E-state index in [0.717, 1.165) is 34.1 Å². The zero-order valence-electron chi connectivity index (χ0n) is 17.8. The van der Waals surface area contributed by atoms with Crippen LogP contribution in [0.5, 0.6) is 0 Å². The standard InChI is InChI=1S/C24H31ClN2O2S/c1-3-16-26-24(29)22(4-2)27(18-19-9-6-5-7-10-19)23(28)11-8-17-30-21-14-12-20(25)13-15-21/h5-7,9-10,12-15,22H,3-4,8,11,16-18H2,1-2H3,(H,26,29)/t22-/m1/s1. The fraction of sp³-hybridized carbons (Fsp3) is 0.417. The van der Waals surface area contributed by atoms with E-state index in [2.05, 4.69) is 5.32 Å². The minimum Gasteiger partial charge on any atom is -0.354 e. The van der Waals surface area contributed by atoms with E-state index in [1.165, 1.54) is 0 Å². The highest BCUT2D eigenvalue weighted by Gasteiger charge is 2.27. The van der Waals surface area contributed by atoms with Crippen molar-refractivity contribution in [2.75, 3.05) is 12.3 Å². The number of nitrogens with one attached hydrogen (secondary N) is 1. The van der Waals surface area contributed by atoms with Gasteiger partial charge < -0.3 is 10.2 Å². The highest BCUT2D eigenvalue weighted by molar-refractivity contribution is 7.99. The van der Waals surface area contributed by atoms with Crippen molar-refractivity contribution in [3.63, 3.8) is 0 Å². The number of thioether (sulfide) groups is 1. The van der Waals surface area contributed by atoms with E-state index in [1.54, 1.807) is 16.7 Å². The molecule has 4 nitrogen and oxygen atoms in total. The lowest BCUT2D eigenvalue weighted by Gasteiger charge is -2.30. The predicted octanol–water partition coefficient (Wildman–Crippen LogP) is 5.55. The Balaban J connectivity index is 1.99. The van der Waals surface area contributed by atoms with Gasteiger partial charge >= 0.3 is 0 Å². The molecule has 2 aromatic carbocycles.